The Hall–Kier alpha value is -3.48. The van der Waals surface area contributed by atoms with E-state index in [4.69, 9.17) is 4.98 Å². The van der Waals surface area contributed by atoms with Gasteiger partial charge in [0.2, 0.25) is 5.91 Å². The van der Waals surface area contributed by atoms with Crippen LogP contribution in [-0.2, 0) is 11.3 Å². The number of benzene rings is 1. The van der Waals surface area contributed by atoms with Crippen LogP contribution in [0.5, 0.6) is 0 Å². The zero-order valence-corrected chi connectivity index (χ0v) is 18.6. The molecule has 32 heavy (non-hydrogen) atoms. The molecular formula is C25H28N6O. The highest BCUT2D eigenvalue weighted by molar-refractivity contribution is 5.78. The van der Waals surface area contributed by atoms with Crippen molar-refractivity contribution in [2.75, 3.05) is 6.54 Å². The van der Waals surface area contributed by atoms with Crippen molar-refractivity contribution in [2.45, 2.75) is 51.6 Å². The van der Waals surface area contributed by atoms with E-state index in [1.54, 1.807) is 0 Å². The summed E-state index contributed by atoms with van der Waals surface area (Å²) in [6, 6.07) is 14.1. The largest absolute Gasteiger partial charge is 0.334 e. The molecule has 0 aliphatic carbocycles. The zero-order chi connectivity index (χ0) is 22.1. The molecule has 1 amide bonds. The molecule has 5 rings (SSSR count). The molecule has 0 unspecified atom stereocenters. The fourth-order valence-corrected chi connectivity index (χ4v) is 4.62. The van der Waals surface area contributed by atoms with E-state index in [1.807, 2.05) is 70.7 Å². The number of imidazole rings is 2. The first-order valence-electron chi connectivity index (χ1n) is 11.3. The summed E-state index contributed by atoms with van der Waals surface area (Å²) < 4.78 is 4.10. The monoisotopic (exact) mass is 428 g/mol. The first-order chi connectivity index (χ1) is 15.6. The van der Waals surface area contributed by atoms with Crippen molar-refractivity contribution in [1.29, 1.82) is 0 Å². The van der Waals surface area contributed by atoms with Gasteiger partial charge in [-0.25, -0.2) is 15.0 Å². The van der Waals surface area contributed by atoms with Crippen molar-refractivity contribution < 1.29 is 4.79 Å². The van der Waals surface area contributed by atoms with Gasteiger partial charge in [-0.3, -0.25) is 9.36 Å². The van der Waals surface area contributed by atoms with Gasteiger partial charge in [-0.05, 0) is 37.1 Å². The molecule has 1 fully saturated rings. The number of aromatic nitrogens is 5. The van der Waals surface area contributed by atoms with E-state index < -0.39 is 0 Å². The van der Waals surface area contributed by atoms with Crippen LogP contribution in [0.4, 0.5) is 0 Å². The normalized spacial score (nSPS) is 16.3. The first kappa shape index (κ1) is 20.4. The average Bonchev–Trinajstić information content (AvgIpc) is 3.57. The van der Waals surface area contributed by atoms with Gasteiger partial charge in [0.1, 0.15) is 11.6 Å². The molecule has 0 radical (unpaired) electrons. The minimum atomic E-state index is 0.0213. The Kier molecular flexibility index (Phi) is 5.47. The predicted octanol–water partition coefficient (Wildman–Crippen LogP) is 4.49. The summed E-state index contributed by atoms with van der Waals surface area (Å²) in [5.74, 6) is 2.32. The number of para-hydroxylation sites is 2. The average molecular weight is 429 g/mol. The van der Waals surface area contributed by atoms with Gasteiger partial charge in [0, 0.05) is 37.8 Å². The van der Waals surface area contributed by atoms with Gasteiger partial charge < -0.3 is 9.47 Å². The highest BCUT2D eigenvalue weighted by atomic mass is 16.2. The molecule has 1 saturated heterocycles. The molecule has 7 heteroatoms. The molecule has 7 nitrogen and oxygen atoms in total. The van der Waals surface area contributed by atoms with Crippen molar-refractivity contribution in [3.8, 4) is 5.82 Å². The standard InChI is InChI=1S/C25H28N6O/c1-18(2)25-26-13-16-31(25)23-11-5-8-20(28-23)22-10-6-14-30(22)24(32)12-15-29-17-27-19-7-3-4-9-21(19)29/h3-5,7-9,11,13,16-18,22H,6,10,12,14-15H2,1-2H3/t22-/m0/s1. The highest BCUT2D eigenvalue weighted by Gasteiger charge is 2.31. The quantitative estimate of drug-likeness (QED) is 0.454. The molecule has 3 aromatic heterocycles. The van der Waals surface area contributed by atoms with Crippen molar-refractivity contribution in [2.24, 2.45) is 0 Å². The van der Waals surface area contributed by atoms with Gasteiger partial charge in [0.15, 0.2) is 0 Å². The molecule has 4 heterocycles. The minimum absolute atomic E-state index is 0.0213. The van der Waals surface area contributed by atoms with Crippen LogP contribution in [0, 0.1) is 0 Å². The maximum atomic E-state index is 13.2. The number of hydrogen-bond donors (Lipinski definition) is 0. The van der Waals surface area contributed by atoms with Crippen LogP contribution in [0.2, 0.25) is 0 Å². The third kappa shape index (κ3) is 3.79. The van der Waals surface area contributed by atoms with E-state index in [0.717, 1.165) is 47.8 Å². The van der Waals surface area contributed by atoms with Crippen molar-refractivity contribution in [3.63, 3.8) is 0 Å². The fraction of sp³-hybridized carbons (Fsp3) is 0.360. The number of hydrogen-bond acceptors (Lipinski definition) is 4. The number of nitrogens with zero attached hydrogens (tertiary/aromatic N) is 6. The van der Waals surface area contributed by atoms with Gasteiger partial charge in [-0.2, -0.15) is 0 Å². The summed E-state index contributed by atoms with van der Waals surface area (Å²) >= 11 is 0. The van der Waals surface area contributed by atoms with Crippen LogP contribution in [0.3, 0.4) is 0 Å². The van der Waals surface area contributed by atoms with Gasteiger partial charge in [0.25, 0.3) is 0 Å². The van der Waals surface area contributed by atoms with Crippen LogP contribution in [0.25, 0.3) is 16.9 Å². The lowest BCUT2D eigenvalue weighted by Crippen LogP contribution is -2.31. The number of aryl methyl sites for hydroxylation is 1. The Morgan fingerprint density at radius 1 is 1.12 bits per heavy atom. The third-order valence-electron chi connectivity index (χ3n) is 6.20. The van der Waals surface area contributed by atoms with Crippen LogP contribution >= 0.6 is 0 Å². The summed E-state index contributed by atoms with van der Waals surface area (Å²) in [4.78, 5) is 29.0. The molecular weight excluding hydrogens is 400 g/mol. The summed E-state index contributed by atoms with van der Waals surface area (Å²) in [6.45, 7) is 5.66. The molecule has 164 valence electrons. The van der Waals surface area contributed by atoms with Crippen LogP contribution in [0.1, 0.15) is 56.6 Å². The fourth-order valence-electron chi connectivity index (χ4n) is 4.62. The van der Waals surface area contributed by atoms with Gasteiger partial charge >= 0.3 is 0 Å². The Morgan fingerprint density at radius 2 is 2.00 bits per heavy atom. The van der Waals surface area contributed by atoms with E-state index in [1.165, 1.54) is 0 Å². The molecule has 0 bridgehead atoms. The number of rotatable bonds is 6. The lowest BCUT2D eigenvalue weighted by molar-refractivity contribution is -0.132. The lowest BCUT2D eigenvalue weighted by atomic mass is 10.1. The van der Waals surface area contributed by atoms with Gasteiger partial charge in [-0.15, -0.1) is 0 Å². The first-order valence-corrected chi connectivity index (χ1v) is 11.3. The van der Waals surface area contributed by atoms with E-state index in [2.05, 4.69) is 28.4 Å². The van der Waals surface area contributed by atoms with Crippen molar-refractivity contribution >= 4 is 16.9 Å². The Morgan fingerprint density at radius 3 is 2.88 bits per heavy atom. The number of amides is 1. The highest BCUT2D eigenvalue weighted by Crippen LogP contribution is 2.32. The van der Waals surface area contributed by atoms with Crippen molar-refractivity contribution in [3.05, 3.63) is 72.7 Å². The summed E-state index contributed by atoms with van der Waals surface area (Å²) in [5, 5.41) is 0. The molecule has 4 aromatic rings. The maximum Gasteiger partial charge on any atom is 0.224 e. The predicted molar refractivity (Wildman–Crippen MR) is 123 cm³/mol. The van der Waals surface area contributed by atoms with E-state index in [9.17, 15) is 4.79 Å². The second-order valence-electron chi connectivity index (χ2n) is 8.65. The third-order valence-corrected chi connectivity index (χ3v) is 6.20. The summed E-state index contributed by atoms with van der Waals surface area (Å²) in [6.07, 6.45) is 7.98. The summed E-state index contributed by atoms with van der Waals surface area (Å²) in [5.41, 5.74) is 2.97. The zero-order valence-electron chi connectivity index (χ0n) is 18.6. The van der Waals surface area contributed by atoms with Crippen LogP contribution in [-0.4, -0.2) is 41.4 Å². The smallest absolute Gasteiger partial charge is 0.224 e. The number of pyridine rings is 1. The number of carbonyl (C=O) groups excluding carboxylic acids is 1. The lowest BCUT2D eigenvalue weighted by Gasteiger charge is -2.25. The maximum absolute atomic E-state index is 13.2. The SMILES string of the molecule is CC(C)c1nccn1-c1cccc([C@@H]2CCCN2C(=O)CCn2cnc3ccccc32)n1. The topological polar surface area (TPSA) is 68.8 Å². The number of carbonyl (C=O) groups is 1. The molecule has 1 aliphatic rings. The summed E-state index contributed by atoms with van der Waals surface area (Å²) in [7, 11) is 0. The Bertz CT molecular complexity index is 1240. The van der Waals surface area contributed by atoms with Gasteiger partial charge in [-0.1, -0.05) is 32.0 Å². The minimum Gasteiger partial charge on any atom is -0.334 e. The van der Waals surface area contributed by atoms with Crippen molar-refractivity contribution in [1.82, 2.24) is 29.0 Å². The molecule has 1 atom stereocenters. The molecule has 0 spiro atoms. The second-order valence-corrected chi connectivity index (χ2v) is 8.65. The van der Waals surface area contributed by atoms with Crippen LogP contribution < -0.4 is 0 Å². The molecule has 1 aromatic carbocycles. The second kappa shape index (κ2) is 8.57. The number of likely N-dealkylation sites (tertiary alicyclic amines) is 1. The number of fused-ring (bicyclic) bond motifs is 1. The molecule has 1 aliphatic heterocycles. The Balaban J connectivity index is 1.33. The van der Waals surface area contributed by atoms with E-state index >= 15 is 0 Å². The van der Waals surface area contributed by atoms with Gasteiger partial charge in [0.05, 0.1) is 29.1 Å². The molecule has 0 N–H and O–H groups in total. The Labute approximate surface area is 187 Å². The van der Waals surface area contributed by atoms with Crippen LogP contribution in [0.15, 0.2) is 61.2 Å². The molecule has 0 saturated carbocycles. The van der Waals surface area contributed by atoms with E-state index in [0.29, 0.717) is 18.9 Å². The van der Waals surface area contributed by atoms with E-state index in [-0.39, 0.29) is 11.9 Å².